The minimum atomic E-state index is -0.503. The summed E-state index contributed by atoms with van der Waals surface area (Å²) in [4.78, 5) is 19.1. The number of thiocarbonyl (C=S) groups is 1. The van der Waals surface area contributed by atoms with Gasteiger partial charge in [-0.25, -0.2) is 4.98 Å². The second-order valence-electron chi connectivity index (χ2n) is 8.56. The number of carbonyl (C=O) groups excluding carboxylic acids is 1. The van der Waals surface area contributed by atoms with Crippen LogP contribution in [0.15, 0.2) is 102 Å². The SMILES string of the molecule is COc1ccc2nc(NC(=O)C(Sc3cccc(NC(=S)Nc4ccccc4OC)c3)c3ccccc3)sc2c1. The van der Waals surface area contributed by atoms with Crippen LogP contribution in [0.5, 0.6) is 11.5 Å². The number of nitrogens with zero attached hydrogens (tertiary/aromatic N) is 1. The first-order valence-electron chi connectivity index (χ1n) is 12.3. The first kappa shape index (κ1) is 27.4. The van der Waals surface area contributed by atoms with Crippen molar-refractivity contribution in [1.82, 2.24) is 4.98 Å². The maximum Gasteiger partial charge on any atom is 0.244 e. The highest BCUT2D eigenvalue weighted by molar-refractivity contribution is 8.00. The van der Waals surface area contributed by atoms with E-state index in [2.05, 4.69) is 20.9 Å². The number of anilines is 3. The molecule has 3 N–H and O–H groups in total. The summed E-state index contributed by atoms with van der Waals surface area (Å²) in [5.41, 5.74) is 3.26. The summed E-state index contributed by atoms with van der Waals surface area (Å²) in [6, 6.07) is 30.7. The van der Waals surface area contributed by atoms with Gasteiger partial charge in [-0.15, -0.1) is 11.8 Å². The Labute approximate surface area is 245 Å². The molecule has 0 saturated carbocycles. The third-order valence-corrected chi connectivity index (χ3v) is 8.25. The summed E-state index contributed by atoms with van der Waals surface area (Å²) in [6.07, 6.45) is 0. The van der Waals surface area contributed by atoms with Gasteiger partial charge in [-0.2, -0.15) is 0 Å². The zero-order valence-electron chi connectivity index (χ0n) is 21.7. The number of thioether (sulfide) groups is 1. The van der Waals surface area contributed by atoms with Crippen molar-refractivity contribution in [2.45, 2.75) is 10.1 Å². The highest BCUT2D eigenvalue weighted by Crippen LogP contribution is 2.38. The lowest BCUT2D eigenvalue weighted by atomic mass is 10.1. The maximum atomic E-state index is 13.6. The quantitative estimate of drug-likeness (QED) is 0.120. The molecule has 0 saturated heterocycles. The van der Waals surface area contributed by atoms with E-state index < -0.39 is 5.25 Å². The van der Waals surface area contributed by atoms with Crippen molar-refractivity contribution in [2.24, 2.45) is 0 Å². The summed E-state index contributed by atoms with van der Waals surface area (Å²) in [5, 5.41) is 9.88. The number of hydrogen-bond acceptors (Lipinski definition) is 7. The minimum absolute atomic E-state index is 0.158. The molecule has 0 bridgehead atoms. The molecule has 1 heterocycles. The molecule has 10 heteroatoms. The van der Waals surface area contributed by atoms with Crippen molar-refractivity contribution in [3.63, 3.8) is 0 Å². The molecule has 4 aromatic carbocycles. The molecule has 1 atom stereocenters. The van der Waals surface area contributed by atoms with Gasteiger partial charge in [-0.1, -0.05) is 59.9 Å². The van der Waals surface area contributed by atoms with Gasteiger partial charge >= 0.3 is 0 Å². The van der Waals surface area contributed by atoms with Crippen LogP contribution in [0, 0.1) is 0 Å². The molecule has 40 heavy (non-hydrogen) atoms. The fraction of sp³-hybridized carbons (Fsp3) is 0.100. The number of aromatic nitrogens is 1. The molecule has 0 aliphatic rings. The number of benzene rings is 4. The number of para-hydroxylation sites is 2. The number of carbonyl (C=O) groups is 1. The number of fused-ring (bicyclic) bond motifs is 1. The van der Waals surface area contributed by atoms with Gasteiger partial charge in [0.25, 0.3) is 0 Å². The van der Waals surface area contributed by atoms with Crippen LogP contribution in [0.4, 0.5) is 16.5 Å². The Bertz CT molecular complexity index is 1640. The molecule has 0 aliphatic heterocycles. The zero-order valence-corrected chi connectivity index (χ0v) is 24.2. The highest BCUT2D eigenvalue weighted by atomic mass is 32.2. The van der Waals surface area contributed by atoms with Crippen LogP contribution in [0.3, 0.4) is 0 Å². The Morgan fingerprint density at radius 3 is 2.48 bits per heavy atom. The van der Waals surface area contributed by atoms with Crippen LogP contribution in [0.2, 0.25) is 0 Å². The van der Waals surface area contributed by atoms with Crippen molar-refractivity contribution < 1.29 is 14.3 Å². The molecule has 1 aromatic heterocycles. The van der Waals surface area contributed by atoms with Gasteiger partial charge in [-0.05, 0) is 66.3 Å². The van der Waals surface area contributed by atoms with E-state index in [1.165, 1.54) is 23.1 Å². The Morgan fingerprint density at radius 2 is 1.68 bits per heavy atom. The number of ether oxygens (including phenoxy) is 2. The zero-order chi connectivity index (χ0) is 27.9. The largest absolute Gasteiger partial charge is 0.497 e. The lowest BCUT2D eigenvalue weighted by molar-refractivity contribution is -0.115. The second-order valence-corrected chi connectivity index (χ2v) is 11.2. The topological polar surface area (TPSA) is 84.5 Å². The van der Waals surface area contributed by atoms with E-state index in [1.54, 1.807) is 14.2 Å². The standard InChI is InChI=1S/C30H26N4O3S3/c1-36-21-15-16-24-26(18-21)40-30(33-24)34-28(35)27(19-9-4-3-5-10-19)39-22-12-8-11-20(17-22)31-29(38)32-23-13-6-7-14-25(23)37-2/h3-18,27H,1-2H3,(H2,31,32,38)(H,33,34,35). The van der Waals surface area contributed by atoms with Crippen LogP contribution in [0.25, 0.3) is 10.2 Å². The number of amides is 1. The second kappa shape index (κ2) is 12.8. The van der Waals surface area contributed by atoms with Gasteiger partial charge in [0, 0.05) is 10.6 Å². The number of methoxy groups -OCH3 is 2. The van der Waals surface area contributed by atoms with Crippen LogP contribution < -0.4 is 25.4 Å². The monoisotopic (exact) mass is 586 g/mol. The van der Waals surface area contributed by atoms with Crippen molar-refractivity contribution in [2.75, 3.05) is 30.2 Å². The number of rotatable bonds is 9. The Hall–Kier alpha value is -4.12. The van der Waals surface area contributed by atoms with Crippen molar-refractivity contribution in [3.05, 3.63) is 103 Å². The molecule has 0 aliphatic carbocycles. The molecule has 5 rings (SSSR count). The first-order chi connectivity index (χ1) is 19.5. The first-order valence-corrected chi connectivity index (χ1v) is 14.4. The number of hydrogen-bond donors (Lipinski definition) is 3. The molecular weight excluding hydrogens is 561 g/mol. The molecule has 0 fully saturated rings. The number of nitrogens with one attached hydrogen (secondary N) is 3. The van der Waals surface area contributed by atoms with E-state index in [0.717, 1.165) is 37.8 Å². The van der Waals surface area contributed by atoms with E-state index in [1.807, 2.05) is 97.1 Å². The summed E-state index contributed by atoms with van der Waals surface area (Å²) >= 11 is 8.40. The van der Waals surface area contributed by atoms with Gasteiger partial charge < -0.3 is 25.4 Å². The summed E-state index contributed by atoms with van der Waals surface area (Å²) in [5.74, 6) is 1.28. The fourth-order valence-electron chi connectivity index (χ4n) is 3.97. The van der Waals surface area contributed by atoms with Crippen molar-refractivity contribution in [3.8, 4) is 11.5 Å². The van der Waals surface area contributed by atoms with E-state index in [-0.39, 0.29) is 5.91 Å². The Balaban J connectivity index is 1.32. The maximum absolute atomic E-state index is 13.6. The summed E-state index contributed by atoms with van der Waals surface area (Å²) < 4.78 is 11.6. The van der Waals surface area contributed by atoms with E-state index >= 15 is 0 Å². The van der Waals surface area contributed by atoms with E-state index in [0.29, 0.717) is 16.0 Å². The van der Waals surface area contributed by atoms with E-state index in [4.69, 9.17) is 21.7 Å². The lowest BCUT2D eigenvalue weighted by Gasteiger charge is -2.17. The molecule has 202 valence electrons. The van der Waals surface area contributed by atoms with Crippen LogP contribution in [0.1, 0.15) is 10.8 Å². The van der Waals surface area contributed by atoms with Gasteiger partial charge in [0.15, 0.2) is 10.2 Å². The molecule has 7 nitrogen and oxygen atoms in total. The Kier molecular flexibility index (Phi) is 8.80. The third-order valence-electron chi connectivity index (χ3n) is 5.87. The predicted molar refractivity (Wildman–Crippen MR) is 169 cm³/mol. The average Bonchev–Trinajstić information content (AvgIpc) is 3.38. The van der Waals surface area contributed by atoms with Crippen LogP contribution in [-0.4, -0.2) is 30.2 Å². The summed E-state index contributed by atoms with van der Waals surface area (Å²) in [7, 11) is 3.24. The predicted octanol–water partition coefficient (Wildman–Crippen LogP) is 7.59. The van der Waals surface area contributed by atoms with E-state index in [9.17, 15) is 4.79 Å². The molecular formula is C30H26N4O3S3. The summed E-state index contributed by atoms with van der Waals surface area (Å²) in [6.45, 7) is 0. The Morgan fingerprint density at radius 1 is 0.875 bits per heavy atom. The normalized spacial score (nSPS) is 11.4. The molecule has 0 radical (unpaired) electrons. The number of thiazole rings is 1. The van der Waals surface area contributed by atoms with Crippen LogP contribution >= 0.6 is 35.3 Å². The molecule has 0 spiro atoms. The average molecular weight is 587 g/mol. The van der Waals surface area contributed by atoms with Crippen molar-refractivity contribution >= 4 is 73.1 Å². The van der Waals surface area contributed by atoms with Crippen LogP contribution in [-0.2, 0) is 4.79 Å². The lowest BCUT2D eigenvalue weighted by Crippen LogP contribution is -2.20. The van der Waals surface area contributed by atoms with Gasteiger partial charge in [-0.3, -0.25) is 4.79 Å². The van der Waals surface area contributed by atoms with Gasteiger partial charge in [0.05, 0.1) is 30.1 Å². The molecule has 5 aromatic rings. The minimum Gasteiger partial charge on any atom is -0.497 e. The third kappa shape index (κ3) is 6.71. The van der Waals surface area contributed by atoms with Gasteiger partial charge in [0.2, 0.25) is 5.91 Å². The van der Waals surface area contributed by atoms with Crippen molar-refractivity contribution in [1.29, 1.82) is 0 Å². The fourth-order valence-corrected chi connectivity index (χ4v) is 6.18. The highest BCUT2D eigenvalue weighted by Gasteiger charge is 2.23. The smallest absolute Gasteiger partial charge is 0.244 e. The molecule has 1 amide bonds. The molecule has 1 unspecified atom stereocenters. The van der Waals surface area contributed by atoms with Gasteiger partial charge in [0.1, 0.15) is 16.7 Å².